The highest BCUT2D eigenvalue weighted by Crippen LogP contribution is 2.37. The molecular weight excluding hydrogens is 586 g/mol. The quantitative estimate of drug-likeness (QED) is 0.0909. The Kier molecular flexibility index (Phi) is 10.2. The molecule has 0 aliphatic heterocycles. The van der Waals surface area contributed by atoms with Gasteiger partial charge in [-0.2, -0.15) is 26.3 Å². The third-order valence-electron chi connectivity index (χ3n) is 7.54. The summed E-state index contributed by atoms with van der Waals surface area (Å²) in [6.45, 7) is 2.97. The lowest BCUT2D eigenvalue weighted by Gasteiger charge is -2.30. The van der Waals surface area contributed by atoms with Crippen molar-refractivity contribution in [1.29, 1.82) is 0 Å². The Morgan fingerprint density at radius 1 is 0.955 bits per heavy atom. The van der Waals surface area contributed by atoms with Crippen LogP contribution in [0.3, 0.4) is 0 Å². The summed E-state index contributed by atoms with van der Waals surface area (Å²) in [6, 6.07) is 7.00. The molecule has 1 aromatic carbocycles. The number of rotatable bonds is 10. The summed E-state index contributed by atoms with van der Waals surface area (Å²) in [7, 11) is 1.40. The van der Waals surface area contributed by atoms with E-state index in [0.717, 1.165) is 48.5 Å². The van der Waals surface area contributed by atoms with E-state index in [1.54, 1.807) is 24.7 Å². The first-order valence-electron chi connectivity index (χ1n) is 14.2. The van der Waals surface area contributed by atoms with E-state index in [-0.39, 0.29) is 24.1 Å². The van der Waals surface area contributed by atoms with Gasteiger partial charge in [0.25, 0.3) is 0 Å². The van der Waals surface area contributed by atoms with E-state index in [2.05, 4.69) is 15.0 Å². The van der Waals surface area contributed by atoms with Crippen molar-refractivity contribution in [3.63, 3.8) is 0 Å². The van der Waals surface area contributed by atoms with Crippen LogP contribution in [0, 0.1) is 5.92 Å². The van der Waals surface area contributed by atoms with E-state index in [1.807, 2.05) is 19.1 Å². The number of nitrogens with zero attached hydrogens (tertiary/aromatic N) is 6. The lowest BCUT2D eigenvalue weighted by molar-refractivity contribution is -0.143. The zero-order chi connectivity index (χ0) is 32.1. The molecule has 3 aromatic rings. The standard InChI is InChI=1S/C30H36F6N8/c1-3-43(17-20-7-4-5-8-20)27-24(13-23(16-40-27)22-9-6-10-39-15-22)19-44(28(37)41-42(2)38)18-21-11-25(29(31,32)33)14-26(12-21)30(34,35)36/h6,9-16,20H,3-5,7-8,17-19,38H2,1-2H3,(H2,37,41). The van der Waals surface area contributed by atoms with Crippen LogP contribution in [-0.2, 0) is 25.4 Å². The van der Waals surface area contributed by atoms with Crippen molar-refractivity contribution < 1.29 is 26.3 Å². The van der Waals surface area contributed by atoms with Gasteiger partial charge >= 0.3 is 12.4 Å². The minimum absolute atomic E-state index is 0.0294. The van der Waals surface area contributed by atoms with Gasteiger partial charge in [-0.3, -0.25) is 4.98 Å². The van der Waals surface area contributed by atoms with E-state index in [1.165, 1.54) is 11.9 Å². The van der Waals surface area contributed by atoms with Crippen LogP contribution in [0.5, 0.6) is 0 Å². The fourth-order valence-corrected chi connectivity index (χ4v) is 5.44. The summed E-state index contributed by atoms with van der Waals surface area (Å²) >= 11 is 0. The summed E-state index contributed by atoms with van der Waals surface area (Å²) < 4.78 is 81.8. The van der Waals surface area contributed by atoms with E-state index < -0.39 is 30.0 Å². The summed E-state index contributed by atoms with van der Waals surface area (Å²) in [5.41, 5.74) is 5.37. The molecule has 0 unspecified atom stereocenters. The van der Waals surface area contributed by atoms with Crippen molar-refractivity contribution in [2.45, 2.75) is 58.0 Å². The molecule has 2 heterocycles. The smallest absolute Gasteiger partial charge is 0.368 e. The normalized spacial score (nSPS) is 14.6. The van der Waals surface area contributed by atoms with Gasteiger partial charge in [0.15, 0.2) is 0 Å². The maximum atomic E-state index is 13.6. The second-order valence-electron chi connectivity index (χ2n) is 10.9. The van der Waals surface area contributed by atoms with Gasteiger partial charge in [-0.05, 0) is 61.6 Å². The number of halogens is 6. The van der Waals surface area contributed by atoms with Gasteiger partial charge < -0.3 is 15.5 Å². The van der Waals surface area contributed by atoms with Gasteiger partial charge in [-0.15, -0.1) is 5.10 Å². The van der Waals surface area contributed by atoms with E-state index in [4.69, 9.17) is 16.6 Å². The lowest BCUT2D eigenvalue weighted by atomic mass is 10.0. The fraction of sp³-hybridized carbons (Fsp3) is 0.433. The van der Waals surface area contributed by atoms with E-state index in [0.29, 0.717) is 36.0 Å². The highest BCUT2D eigenvalue weighted by Gasteiger charge is 2.37. The Bertz CT molecular complexity index is 1390. The van der Waals surface area contributed by atoms with Crippen molar-refractivity contribution >= 4 is 11.8 Å². The molecule has 8 nitrogen and oxygen atoms in total. The molecule has 238 valence electrons. The van der Waals surface area contributed by atoms with Gasteiger partial charge in [0.2, 0.25) is 5.96 Å². The minimum atomic E-state index is -4.99. The van der Waals surface area contributed by atoms with Crippen molar-refractivity contribution in [1.82, 2.24) is 20.0 Å². The van der Waals surface area contributed by atoms with Gasteiger partial charge in [-0.25, -0.2) is 15.9 Å². The zero-order valence-electron chi connectivity index (χ0n) is 24.5. The number of pyridine rings is 2. The molecule has 2 aromatic heterocycles. The SMILES string of the molecule is CCN(CC1CCCC1)c1ncc(-c2cccnc2)cc1CN(Cc1cc(C(F)(F)F)cc(C(F)(F)F)c1)/C(N)=N/N(C)N. The van der Waals surface area contributed by atoms with Crippen molar-refractivity contribution in [2.75, 3.05) is 25.0 Å². The summed E-state index contributed by atoms with van der Waals surface area (Å²) in [5, 5.41) is 4.93. The van der Waals surface area contributed by atoms with E-state index >= 15 is 0 Å². The van der Waals surface area contributed by atoms with Crippen LogP contribution in [0.1, 0.15) is 54.9 Å². The van der Waals surface area contributed by atoms with Gasteiger partial charge in [0.1, 0.15) is 5.82 Å². The largest absolute Gasteiger partial charge is 0.416 e. The van der Waals surface area contributed by atoms with Crippen LogP contribution in [0.25, 0.3) is 11.1 Å². The molecule has 0 bridgehead atoms. The number of anilines is 1. The first-order chi connectivity index (χ1) is 20.7. The average Bonchev–Trinajstić information content (AvgIpc) is 3.48. The van der Waals surface area contributed by atoms with Crippen molar-refractivity contribution in [3.8, 4) is 11.1 Å². The number of hydrogen-bond acceptors (Lipinski definition) is 6. The maximum absolute atomic E-state index is 13.6. The molecule has 0 atom stereocenters. The molecule has 0 spiro atoms. The lowest BCUT2D eigenvalue weighted by Crippen LogP contribution is -2.40. The molecule has 44 heavy (non-hydrogen) atoms. The number of guanidine groups is 1. The van der Waals surface area contributed by atoms with Crippen LogP contribution in [0.2, 0.25) is 0 Å². The Morgan fingerprint density at radius 2 is 1.61 bits per heavy atom. The van der Waals surface area contributed by atoms with Crippen molar-refractivity contribution in [3.05, 3.63) is 77.2 Å². The molecule has 1 saturated carbocycles. The topological polar surface area (TPSA) is 99.9 Å². The third kappa shape index (κ3) is 8.52. The van der Waals surface area contributed by atoms with Crippen LogP contribution >= 0.6 is 0 Å². The van der Waals surface area contributed by atoms with Crippen LogP contribution in [0.15, 0.2) is 60.1 Å². The molecule has 4 rings (SSSR count). The number of aromatic nitrogens is 2. The maximum Gasteiger partial charge on any atom is 0.416 e. The number of hydrazone groups is 1. The molecule has 0 radical (unpaired) electrons. The van der Waals surface area contributed by atoms with Gasteiger partial charge in [-0.1, -0.05) is 18.9 Å². The molecule has 1 aliphatic rings. The summed E-state index contributed by atoms with van der Waals surface area (Å²) in [6.07, 6.45) is -0.418. The predicted octanol–water partition coefficient (Wildman–Crippen LogP) is 6.24. The van der Waals surface area contributed by atoms with Gasteiger partial charge in [0, 0.05) is 68.5 Å². The third-order valence-corrected chi connectivity index (χ3v) is 7.54. The predicted molar refractivity (Wildman–Crippen MR) is 157 cm³/mol. The highest BCUT2D eigenvalue weighted by molar-refractivity contribution is 5.78. The monoisotopic (exact) mass is 622 g/mol. The molecule has 0 amide bonds. The van der Waals surface area contributed by atoms with Crippen molar-refractivity contribution in [2.24, 2.45) is 22.6 Å². The summed E-state index contributed by atoms with van der Waals surface area (Å²) in [5.74, 6) is 6.62. The first kappa shape index (κ1) is 32.8. The van der Waals surface area contributed by atoms with Crippen LogP contribution < -0.4 is 16.5 Å². The second kappa shape index (κ2) is 13.7. The zero-order valence-corrected chi connectivity index (χ0v) is 24.5. The second-order valence-corrected chi connectivity index (χ2v) is 10.9. The molecule has 4 N–H and O–H groups in total. The number of benzene rings is 1. The Morgan fingerprint density at radius 3 is 2.16 bits per heavy atom. The molecule has 14 heteroatoms. The minimum Gasteiger partial charge on any atom is -0.368 e. The summed E-state index contributed by atoms with van der Waals surface area (Å²) in [4.78, 5) is 12.5. The number of hydrogen-bond donors (Lipinski definition) is 2. The Hall–Kier alpha value is -4.07. The highest BCUT2D eigenvalue weighted by atomic mass is 19.4. The molecule has 1 fully saturated rings. The Balaban J connectivity index is 1.80. The molecule has 0 saturated heterocycles. The van der Waals surface area contributed by atoms with E-state index in [9.17, 15) is 26.3 Å². The average molecular weight is 623 g/mol. The van der Waals surface area contributed by atoms with Crippen LogP contribution in [0.4, 0.5) is 32.2 Å². The molecule has 1 aliphatic carbocycles. The number of hydrazine groups is 1. The Labute approximate surface area is 252 Å². The molecular formula is C30H36F6N8. The number of nitrogens with two attached hydrogens (primary N) is 2. The fourth-order valence-electron chi connectivity index (χ4n) is 5.44. The van der Waals surface area contributed by atoms with Gasteiger partial charge in [0.05, 0.1) is 11.1 Å². The van der Waals surface area contributed by atoms with Crippen LogP contribution in [-0.4, -0.2) is 46.1 Å². The number of alkyl halides is 6. The first-order valence-corrected chi connectivity index (χ1v) is 14.2.